The number of carbonyl (C=O) groups excluding carboxylic acids is 1. The van der Waals surface area contributed by atoms with Gasteiger partial charge in [-0.25, -0.2) is 0 Å². The Labute approximate surface area is 182 Å². The number of thioether (sulfide) groups is 1. The molecular formula is C22H20N6O2S. The quantitative estimate of drug-likeness (QED) is 0.468. The van der Waals surface area contributed by atoms with Crippen molar-refractivity contribution in [1.82, 2.24) is 19.2 Å². The number of anilines is 1. The molecule has 8 nitrogen and oxygen atoms in total. The van der Waals surface area contributed by atoms with Crippen LogP contribution in [0.1, 0.15) is 25.8 Å². The van der Waals surface area contributed by atoms with Crippen molar-refractivity contribution in [2.45, 2.75) is 37.2 Å². The normalized spacial score (nSPS) is 12.0. The first-order chi connectivity index (χ1) is 15.0. The first kappa shape index (κ1) is 20.6. The van der Waals surface area contributed by atoms with E-state index in [0.29, 0.717) is 39.6 Å². The Kier molecular flexibility index (Phi) is 5.73. The smallest absolute Gasteiger partial charge is 0.262 e. The van der Waals surface area contributed by atoms with E-state index in [2.05, 4.69) is 21.6 Å². The number of nitrogens with zero attached hydrogens (tertiary/aromatic N) is 5. The molecule has 2 heterocycles. The van der Waals surface area contributed by atoms with Gasteiger partial charge in [0.25, 0.3) is 5.56 Å². The minimum absolute atomic E-state index is 0.104. The van der Waals surface area contributed by atoms with E-state index in [1.807, 2.05) is 29.5 Å². The van der Waals surface area contributed by atoms with Gasteiger partial charge in [-0.15, -0.1) is 10.2 Å². The average Bonchev–Trinajstić information content (AvgIpc) is 3.20. The van der Waals surface area contributed by atoms with E-state index < -0.39 is 5.25 Å². The molecule has 2 aromatic carbocycles. The Balaban J connectivity index is 1.71. The molecule has 0 bridgehead atoms. The first-order valence-corrected chi connectivity index (χ1v) is 10.8. The standard InChI is InChI=1S/C22H20N6O2S/c1-3-12-27-20(30)16-9-5-7-11-18(16)28-21(27)25-26-22(28)31-14(2)19(29)24-17-10-6-4-8-15(17)13-23/h4-11,14H,3,12H2,1-2H3,(H,24,29). The fourth-order valence-corrected chi connectivity index (χ4v) is 4.23. The predicted molar refractivity (Wildman–Crippen MR) is 120 cm³/mol. The Hall–Kier alpha value is -3.64. The third-order valence-electron chi connectivity index (χ3n) is 4.88. The van der Waals surface area contributed by atoms with Crippen LogP contribution in [0.25, 0.3) is 16.7 Å². The van der Waals surface area contributed by atoms with Crippen LogP contribution in [0.2, 0.25) is 0 Å². The fourth-order valence-electron chi connectivity index (χ4n) is 3.37. The van der Waals surface area contributed by atoms with E-state index in [9.17, 15) is 14.9 Å². The van der Waals surface area contributed by atoms with Gasteiger partial charge in [0.1, 0.15) is 6.07 Å². The van der Waals surface area contributed by atoms with Crippen molar-refractivity contribution in [3.63, 3.8) is 0 Å². The van der Waals surface area contributed by atoms with Crippen molar-refractivity contribution < 1.29 is 4.79 Å². The summed E-state index contributed by atoms with van der Waals surface area (Å²) in [6, 6.07) is 16.2. The Morgan fingerprint density at radius 3 is 2.71 bits per heavy atom. The number of benzene rings is 2. The third-order valence-corrected chi connectivity index (χ3v) is 5.92. The number of aryl methyl sites for hydroxylation is 1. The van der Waals surface area contributed by atoms with Crippen LogP contribution in [0.15, 0.2) is 58.5 Å². The van der Waals surface area contributed by atoms with E-state index >= 15 is 0 Å². The molecule has 0 saturated heterocycles. The zero-order valence-corrected chi connectivity index (χ0v) is 17.9. The van der Waals surface area contributed by atoms with Gasteiger partial charge in [-0.3, -0.25) is 18.6 Å². The Morgan fingerprint density at radius 2 is 1.94 bits per heavy atom. The maximum atomic E-state index is 12.9. The minimum atomic E-state index is -0.510. The van der Waals surface area contributed by atoms with Crippen LogP contribution in [-0.2, 0) is 11.3 Å². The van der Waals surface area contributed by atoms with Crippen LogP contribution in [-0.4, -0.2) is 30.3 Å². The van der Waals surface area contributed by atoms with Gasteiger partial charge in [-0.2, -0.15) is 5.26 Å². The molecule has 0 fully saturated rings. The largest absolute Gasteiger partial charge is 0.324 e. The number of aromatic nitrogens is 4. The van der Waals surface area contributed by atoms with Gasteiger partial charge < -0.3 is 5.32 Å². The number of nitrogens with one attached hydrogen (secondary N) is 1. The van der Waals surface area contributed by atoms with Crippen molar-refractivity contribution in [2.24, 2.45) is 0 Å². The van der Waals surface area contributed by atoms with Crippen LogP contribution >= 0.6 is 11.8 Å². The van der Waals surface area contributed by atoms with Gasteiger partial charge in [0.15, 0.2) is 5.16 Å². The lowest BCUT2D eigenvalue weighted by Gasteiger charge is -2.13. The van der Waals surface area contributed by atoms with Crippen LogP contribution in [0.5, 0.6) is 0 Å². The molecule has 1 unspecified atom stereocenters. The highest BCUT2D eigenvalue weighted by atomic mass is 32.2. The molecule has 0 spiro atoms. The first-order valence-electron chi connectivity index (χ1n) is 9.88. The molecule has 31 heavy (non-hydrogen) atoms. The van der Waals surface area contributed by atoms with Gasteiger partial charge in [0.2, 0.25) is 11.7 Å². The highest BCUT2D eigenvalue weighted by molar-refractivity contribution is 8.00. The van der Waals surface area contributed by atoms with Gasteiger partial charge in [0, 0.05) is 6.54 Å². The number of hydrogen-bond acceptors (Lipinski definition) is 6. The predicted octanol–water partition coefficient (Wildman–Crippen LogP) is 3.45. The summed E-state index contributed by atoms with van der Waals surface area (Å²) in [4.78, 5) is 25.7. The number of carbonyl (C=O) groups is 1. The summed E-state index contributed by atoms with van der Waals surface area (Å²) < 4.78 is 3.44. The second-order valence-electron chi connectivity index (χ2n) is 7.00. The monoisotopic (exact) mass is 432 g/mol. The van der Waals surface area contributed by atoms with E-state index in [1.165, 1.54) is 11.8 Å². The highest BCUT2D eigenvalue weighted by Gasteiger charge is 2.22. The number of rotatable bonds is 6. The maximum Gasteiger partial charge on any atom is 0.262 e. The van der Waals surface area contributed by atoms with Crippen LogP contribution in [0, 0.1) is 11.3 Å². The van der Waals surface area contributed by atoms with E-state index in [1.54, 1.807) is 41.8 Å². The summed E-state index contributed by atoms with van der Waals surface area (Å²) in [6.07, 6.45) is 0.778. The van der Waals surface area contributed by atoms with Crippen molar-refractivity contribution >= 4 is 40.0 Å². The second-order valence-corrected chi connectivity index (χ2v) is 8.31. The van der Waals surface area contributed by atoms with Crippen LogP contribution in [0.3, 0.4) is 0 Å². The lowest BCUT2D eigenvalue weighted by molar-refractivity contribution is -0.115. The highest BCUT2D eigenvalue weighted by Crippen LogP contribution is 2.26. The van der Waals surface area contributed by atoms with Gasteiger partial charge >= 0.3 is 0 Å². The zero-order valence-electron chi connectivity index (χ0n) is 17.1. The van der Waals surface area contributed by atoms with Crippen LogP contribution in [0.4, 0.5) is 5.69 Å². The van der Waals surface area contributed by atoms with Gasteiger partial charge in [-0.05, 0) is 37.6 Å². The molecule has 9 heteroatoms. The molecule has 1 amide bonds. The van der Waals surface area contributed by atoms with E-state index in [4.69, 9.17) is 0 Å². The van der Waals surface area contributed by atoms with Gasteiger partial charge in [0.05, 0.1) is 27.4 Å². The molecule has 0 radical (unpaired) electrons. The number of para-hydroxylation sites is 2. The topological polar surface area (TPSA) is 105 Å². The molecule has 1 atom stereocenters. The molecule has 0 saturated carbocycles. The van der Waals surface area contributed by atoms with Gasteiger partial charge in [-0.1, -0.05) is 43.0 Å². The second kappa shape index (κ2) is 8.62. The molecular weight excluding hydrogens is 412 g/mol. The molecule has 0 aliphatic heterocycles. The summed E-state index contributed by atoms with van der Waals surface area (Å²) in [6.45, 7) is 4.28. The van der Waals surface area contributed by atoms with Crippen molar-refractivity contribution in [3.8, 4) is 6.07 Å². The lowest BCUT2D eigenvalue weighted by atomic mass is 10.2. The number of amides is 1. The molecule has 4 aromatic rings. The lowest BCUT2D eigenvalue weighted by Crippen LogP contribution is -2.24. The third kappa shape index (κ3) is 3.78. The molecule has 4 rings (SSSR count). The fraction of sp³-hybridized carbons (Fsp3) is 0.227. The SMILES string of the molecule is CCCn1c(=O)c2ccccc2n2c(SC(C)C(=O)Nc3ccccc3C#N)nnc12. The number of fused-ring (bicyclic) bond motifs is 3. The van der Waals surface area contributed by atoms with Crippen molar-refractivity contribution in [3.05, 3.63) is 64.4 Å². The molecule has 1 N–H and O–H groups in total. The zero-order chi connectivity index (χ0) is 22.0. The summed E-state index contributed by atoms with van der Waals surface area (Å²) in [5, 5.41) is 21.2. The van der Waals surface area contributed by atoms with E-state index in [0.717, 1.165) is 6.42 Å². The summed E-state index contributed by atoms with van der Waals surface area (Å²) >= 11 is 1.25. The molecule has 156 valence electrons. The molecule has 0 aliphatic rings. The van der Waals surface area contributed by atoms with Crippen molar-refractivity contribution in [2.75, 3.05) is 5.32 Å². The average molecular weight is 433 g/mol. The molecule has 0 aliphatic carbocycles. The summed E-state index contributed by atoms with van der Waals surface area (Å²) in [7, 11) is 0. The maximum absolute atomic E-state index is 12.9. The van der Waals surface area contributed by atoms with Crippen molar-refractivity contribution in [1.29, 1.82) is 5.26 Å². The van der Waals surface area contributed by atoms with Crippen LogP contribution < -0.4 is 10.9 Å². The van der Waals surface area contributed by atoms with E-state index in [-0.39, 0.29) is 11.5 Å². The molecule has 2 aromatic heterocycles. The Bertz CT molecular complexity index is 1380. The number of hydrogen-bond donors (Lipinski definition) is 1. The summed E-state index contributed by atoms with van der Waals surface area (Å²) in [5.74, 6) is 0.200. The number of nitriles is 1. The minimum Gasteiger partial charge on any atom is -0.324 e. The Morgan fingerprint density at radius 1 is 1.19 bits per heavy atom. The summed E-state index contributed by atoms with van der Waals surface area (Å²) in [5.41, 5.74) is 1.46.